The number of hydrogen-bond acceptors (Lipinski definition) is 6. The fourth-order valence-corrected chi connectivity index (χ4v) is 4.86. The minimum atomic E-state index is -0.824. The molecule has 0 radical (unpaired) electrons. The fraction of sp³-hybridized carbons (Fsp3) is 0.909. The van der Waals surface area contributed by atoms with Crippen LogP contribution in [0.4, 0.5) is 0 Å². The second-order valence-electron chi connectivity index (χ2n) is 8.27. The average molecular weight is 401 g/mol. The number of carbonyl (C=O) groups is 1. The second-order valence-corrected chi connectivity index (χ2v) is 8.27. The number of aliphatic imine (C=N–C) groups is 1. The SMILES string of the molecule is CC.CCN(CC)CC.CN=COC1(C)CC2CC(O)(CC(C)(OC=O)C2)C1. The zero-order valence-electron chi connectivity index (χ0n) is 19.5. The van der Waals surface area contributed by atoms with Crippen molar-refractivity contribution in [2.75, 3.05) is 26.7 Å². The van der Waals surface area contributed by atoms with E-state index in [4.69, 9.17) is 9.47 Å². The van der Waals surface area contributed by atoms with Gasteiger partial charge in [0, 0.05) is 19.9 Å². The molecule has 0 amide bonds. The highest BCUT2D eigenvalue weighted by molar-refractivity contribution is 5.47. The molecule has 0 aromatic heterocycles. The maximum atomic E-state index is 10.8. The summed E-state index contributed by atoms with van der Waals surface area (Å²) in [6.45, 7) is 18.5. The molecule has 28 heavy (non-hydrogen) atoms. The van der Waals surface area contributed by atoms with Crippen LogP contribution >= 0.6 is 0 Å². The summed E-state index contributed by atoms with van der Waals surface area (Å²) in [5.41, 5.74) is -1.77. The molecule has 2 aliphatic rings. The Balaban J connectivity index is 0.000000688. The molecule has 1 N–H and O–H groups in total. The van der Waals surface area contributed by atoms with Gasteiger partial charge in [0.2, 0.25) is 0 Å². The summed E-state index contributed by atoms with van der Waals surface area (Å²) in [4.78, 5) is 16.8. The van der Waals surface area contributed by atoms with E-state index in [2.05, 4.69) is 30.7 Å². The van der Waals surface area contributed by atoms with Crippen molar-refractivity contribution < 1.29 is 19.4 Å². The van der Waals surface area contributed by atoms with Crippen molar-refractivity contribution >= 4 is 12.9 Å². The molecule has 2 fully saturated rings. The zero-order valence-corrected chi connectivity index (χ0v) is 19.5. The third-order valence-corrected chi connectivity index (χ3v) is 5.63. The van der Waals surface area contributed by atoms with Gasteiger partial charge in [0.1, 0.15) is 11.2 Å². The molecule has 0 aromatic carbocycles. The first-order valence-corrected chi connectivity index (χ1v) is 10.8. The van der Waals surface area contributed by atoms with Crippen molar-refractivity contribution in [2.45, 2.75) is 97.4 Å². The summed E-state index contributed by atoms with van der Waals surface area (Å²) in [5, 5.41) is 10.8. The smallest absolute Gasteiger partial charge is 0.293 e. The molecule has 4 atom stereocenters. The summed E-state index contributed by atoms with van der Waals surface area (Å²) >= 11 is 0. The van der Waals surface area contributed by atoms with E-state index in [1.165, 1.54) is 26.0 Å². The fourth-order valence-electron chi connectivity index (χ4n) is 4.86. The van der Waals surface area contributed by atoms with Gasteiger partial charge in [0.25, 0.3) is 6.47 Å². The Hall–Kier alpha value is -1.14. The average Bonchev–Trinajstić information content (AvgIpc) is 2.61. The summed E-state index contributed by atoms with van der Waals surface area (Å²) in [5.74, 6) is 0.299. The van der Waals surface area contributed by atoms with Gasteiger partial charge in [-0.25, -0.2) is 0 Å². The molecule has 2 aliphatic carbocycles. The minimum absolute atomic E-state index is 0.299. The van der Waals surface area contributed by atoms with Crippen LogP contribution < -0.4 is 0 Å². The molecular weight excluding hydrogens is 356 g/mol. The van der Waals surface area contributed by atoms with Crippen molar-refractivity contribution in [1.29, 1.82) is 0 Å². The Morgan fingerprint density at radius 1 is 1.00 bits per heavy atom. The lowest BCUT2D eigenvalue weighted by Crippen LogP contribution is -2.57. The largest absolute Gasteiger partial charge is 0.477 e. The van der Waals surface area contributed by atoms with E-state index in [1.807, 2.05) is 27.7 Å². The monoisotopic (exact) mass is 400 g/mol. The first-order valence-electron chi connectivity index (χ1n) is 10.8. The first kappa shape index (κ1) is 26.9. The molecule has 2 bridgehead atoms. The van der Waals surface area contributed by atoms with Gasteiger partial charge in [0.15, 0.2) is 6.40 Å². The van der Waals surface area contributed by atoms with E-state index in [1.54, 1.807) is 7.05 Å². The Kier molecular flexibility index (Phi) is 11.9. The van der Waals surface area contributed by atoms with Gasteiger partial charge in [-0.05, 0) is 58.7 Å². The van der Waals surface area contributed by atoms with E-state index in [9.17, 15) is 9.90 Å². The lowest BCUT2D eigenvalue weighted by atomic mass is 9.60. The summed E-state index contributed by atoms with van der Waals surface area (Å²) in [7, 11) is 1.66. The van der Waals surface area contributed by atoms with Crippen LogP contribution in [0.5, 0.6) is 0 Å². The van der Waals surface area contributed by atoms with Gasteiger partial charge in [-0.3, -0.25) is 9.79 Å². The molecule has 6 nitrogen and oxygen atoms in total. The number of hydrogen-bond donors (Lipinski definition) is 1. The number of rotatable bonds is 7. The zero-order chi connectivity index (χ0) is 21.8. The van der Waals surface area contributed by atoms with Crippen molar-refractivity contribution in [2.24, 2.45) is 10.9 Å². The van der Waals surface area contributed by atoms with E-state index >= 15 is 0 Å². The van der Waals surface area contributed by atoms with Crippen LogP contribution in [0, 0.1) is 5.92 Å². The molecule has 0 heterocycles. The predicted octanol–water partition coefficient (Wildman–Crippen LogP) is 4.05. The van der Waals surface area contributed by atoms with Crippen LogP contribution in [-0.2, 0) is 14.3 Å². The van der Waals surface area contributed by atoms with E-state index in [0.717, 1.165) is 19.3 Å². The van der Waals surface area contributed by atoms with Crippen molar-refractivity contribution in [3.05, 3.63) is 0 Å². The molecule has 166 valence electrons. The van der Waals surface area contributed by atoms with Crippen LogP contribution in [0.3, 0.4) is 0 Å². The topological polar surface area (TPSA) is 71.4 Å². The summed E-state index contributed by atoms with van der Waals surface area (Å²) in [6.07, 6.45) is 4.84. The van der Waals surface area contributed by atoms with Crippen LogP contribution in [-0.4, -0.2) is 66.4 Å². The third kappa shape index (κ3) is 8.48. The number of carbonyl (C=O) groups excluding carboxylic acids is 1. The summed E-state index contributed by atoms with van der Waals surface area (Å²) < 4.78 is 10.9. The molecule has 4 unspecified atom stereocenters. The molecule has 0 aliphatic heterocycles. The highest BCUT2D eigenvalue weighted by Crippen LogP contribution is 2.52. The Morgan fingerprint density at radius 3 is 1.79 bits per heavy atom. The Morgan fingerprint density at radius 2 is 1.46 bits per heavy atom. The van der Waals surface area contributed by atoms with Gasteiger partial charge < -0.3 is 19.5 Å². The quantitative estimate of drug-likeness (QED) is 0.396. The van der Waals surface area contributed by atoms with Gasteiger partial charge in [-0.15, -0.1) is 0 Å². The van der Waals surface area contributed by atoms with Gasteiger partial charge >= 0.3 is 0 Å². The van der Waals surface area contributed by atoms with Crippen molar-refractivity contribution in [3.63, 3.8) is 0 Å². The molecular formula is C22H44N2O4. The van der Waals surface area contributed by atoms with Crippen molar-refractivity contribution in [3.8, 4) is 0 Å². The van der Waals surface area contributed by atoms with E-state index < -0.39 is 11.2 Å². The van der Waals surface area contributed by atoms with Crippen LogP contribution in [0.1, 0.15) is 80.6 Å². The molecule has 2 saturated carbocycles. The van der Waals surface area contributed by atoms with Crippen LogP contribution in [0.25, 0.3) is 0 Å². The van der Waals surface area contributed by atoms with Crippen LogP contribution in [0.2, 0.25) is 0 Å². The number of aliphatic hydroxyl groups is 1. The second kappa shape index (κ2) is 12.4. The minimum Gasteiger partial charge on any atom is -0.477 e. The highest BCUT2D eigenvalue weighted by atomic mass is 16.5. The standard InChI is InChI=1S/C14H23NO4.C6H15N.C2H6/c1-12(18-9-15-3)4-11-5-13(2,19-10-16)8-14(17,6-11)7-12;1-4-7(5-2)6-3;1-2/h9-11,17H,4-8H2,1-3H3;4-6H2,1-3H3;1-2H3. The Labute approximate surface area is 172 Å². The third-order valence-electron chi connectivity index (χ3n) is 5.63. The number of fused-ring (bicyclic) bond motifs is 2. The predicted molar refractivity (Wildman–Crippen MR) is 116 cm³/mol. The molecule has 0 saturated heterocycles. The van der Waals surface area contributed by atoms with Gasteiger partial charge in [-0.2, -0.15) is 0 Å². The van der Waals surface area contributed by atoms with Gasteiger partial charge in [0.05, 0.1) is 5.60 Å². The van der Waals surface area contributed by atoms with E-state index in [-0.39, 0.29) is 5.60 Å². The lowest BCUT2D eigenvalue weighted by molar-refractivity contribution is -0.188. The van der Waals surface area contributed by atoms with Gasteiger partial charge in [-0.1, -0.05) is 34.6 Å². The number of nitrogens with zero attached hydrogens (tertiary/aromatic N) is 2. The maximum Gasteiger partial charge on any atom is 0.293 e. The molecule has 0 spiro atoms. The van der Waals surface area contributed by atoms with Crippen molar-refractivity contribution in [1.82, 2.24) is 4.90 Å². The number of ether oxygens (including phenoxy) is 2. The molecule has 0 aromatic rings. The maximum absolute atomic E-state index is 10.8. The molecule has 2 rings (SSSR count). The lowest BCUT2D eigenvalue weighted by Gasteiger charge is -2.53. The Bertz CT molecular complexity index is 464. The first-order chi connectivity index (χ1) is 13.2. The van der Waals surface area contributed by atoms with E-state index in [0.29, 0.717) is 25.2 Å². The van der Waals surface area contributed by atoms with Crippen LogP contribution in [0.15, 0.2) is 4.99 Å². The summed E-state index contributed by atoms with van der Waals surface area (Å²) in [6, 6.07) is 0. The normalized spacial score (nSPS) is 34.0. The molecule has 6 heteroatoms. The highest BCUT2D eigenvalue weighted by Gasteiger charge is 2.54.